The van der Waals surface area contributed by atoms with E-state index in [0.29, 0.717) is 6.42 Å². The van der Waals surface area contributed by atoms with Crippen LogP contribution >= 0.6 is 11.3 Å². The van der Waals surface area contributed by atoms with Crippen molar-refractivity contribution >= 4 is 22.2 Å². The highest BCUT2D eigenvalue weighted by atomic mass is 32.1. The van der Waals surface area contributed by atoms with Gasteiger partial charge < -0.3 is 10.2 Å². The molecule has 114 valence electrons. The van der Waals surface area contributed by atoms with Crippen LogP contribution in [0.4, 0.5) is 0 Å². The van der Waals surface area contributed by atoms with Gasteiger partial charge in [0.05, 0.1) is 11.4 Å². The van der Waals surface area contributed by atoms with Gasteiger partial charge in [0.1, 0.15) is 0 Å². The quantitative estimate of drug-likeness (QED) is 0.862. The molecule has 1 aliphatic rings. The number of piperidine rings is 1. The van der Waals surface area contributed by atoms with Crippen LogP contribution in [0, 0.1) is 6.92 Å². The van der Waals surface area contributed by atoms with Gasteiger partial charge >= 0.3 is 0 Å². The van der Waals surface area contributed by atoms with Crippen molar-refractivity contribution in [3.8, 4) is 0 Å². The number of amides is 1. The number of rotatable bonds is 5. The van der Waals surface area contributed by atoms with Crippen molar-refractivity contribution in [2.45, 2.75) is 39.2 Å². The zero-order valence-corrected chi connectivity index (χ0v) is 13.3. The lowest BCUT2D eigenvalue weighted by molar-refractivity contribution is -0.131. The summed E-state index contributed by atoms with van der Waals surface area (Å²) in [5.74, 6) is 0.285. The third kappa shape index (κ3) is 3.27. The van der Waals surface area contributed by atoms with Gasteiger partial charge in [-0.15, -0.1) is 11.3 Å². The molecule has 0 aromatic carbocycles. The third-order valence-electron chi connectivity index (χ3n) is 4.08. The number of fused-ring (bicyclic) bond motifs is 1. The molecule has 21 heavy (non-hydrogen) atoms. The van der Waals surface area contributed by atoms with Crippen LogP contribution in [0.2, 0.25) is 0 Å². The van der Waals surface area contributed by atoms with Crippen LogP contribution in [-0.2, 0) is 11.3 Å². The average molecular weight is 306 g/mol. The number of hydrogen-bond donors (Lipinski definition) is 1. The van der Waals surface area contributed by atoms with Crippen LogP contribution in [0.15, 0.2) is 11.6 Å². The maximum Gasteiger partial charge on any atom is 0.223 e. The Kier molecular flexibility index (Phi) is 4.55. The summed E-state index contributed by atoms with van der Waals surface area (Å²) >= 11 is 1.65. The number of thiazole rings is 1. The van der Waals surface area contributed by atoms with Crippen molar-refractivity contribution in [1.82, 2.24) is 19.6 Å². The van der Waals surface area contributed by atoms with E-state index in [-0.39, 0.29) is 5.91 Å². The average Bonchev–Trinajstić information content (AvgIpc) is 3.06. The molecule has 6 heteroatoms. The van der Waals surface area contributed by atoms with E-state index >= 15 is 0 Å². The van der Waals surface area contributed by atoms with Crippen molar-refractivity contribution in [2.24, 2.45) is 0 Å². The molecule has 0 atom stereocenters. The summed E-state index contributed by atoms with van der Waals surface area (Å²) < 4.78 is 2.12. The molecule has 0 unspecified atom stereocenters. The van der Waals surface area contributed by atoms with Gasteiger partial charge in [0, 0.05) is 44.2 Å². The number of nitrogens with one attached hydrogen (secondary N) is 1. The second-order valence-electron chi connectivity index (χ2n) is 5.57. The van der Waals surface area contributed by atoms with E-state index in [1.807, 2.05) is 17.2 Å². The highest BCUT2D eigenvalue weighted by Crippen LogP contribution is 2.16. The van der Waals surface area contributed by atoms with Crippen LogP contribution in [0.3, 0.4) is 0 Å². The predicted octanol–water partition coefficient (Wildman–Crippen LogP) is 2.20. The molecule has 3 heterocycles. The summed E-state index contributed by atoms with van der Waals surface area (Å²) in [5.41, 5.74) is 2.26. The van der Waals surface area contributed by atoms with Crippen LogP contribution in [0.25, 0.3) is 4.96 Å². The number of imidazole rings is 1. The largest absolute Gasteiger partial charge is 0.343 e. The molecule has 3 rings (SSSR count). The van der Waals surface area contributed by atoms with Crippen LogP contribution < -0.4 is 5.32 Å². The van der Waals surface area contributed by atoms with Gasteiger partial charge in [-0.25, -0.2) is 4.98 Å². The molecule has 2 aromatic heterocycles. The fourth-order valence-electron chi connectivity index (χ4n) is 2.86. The standard InChI is InChI=1S/C15H22N4OS/c1-12-13(19-9-10-21-15(19)17-12)11-16-6-5-14(20)18-7-3-2-4-8-18/h9-10,16H,2-8,11H2,1H3. The molecule has 1 saturated heterocycles. The number of aromatic nitrogens is 2. The van der Waals surface area contributed by atoms with Crippen molar-refractivity contribution in [1.29, 1.82) is 0 Å². The highest BCUT2D eigenvalue weighted by Gasteiger charge is 2.16. The zero-order valence-electron chi connectivity index (χ0n) is 12.5. The van der Waals surface area contributed by atoms with Crippen LogP contribution in [0.1, 0.15) is 37.1 Å². The first-order chi connectivity index (χ1) is 10.3. The summed E-state index contributed by atoms with van der Waals surface area (Å²) in [6.45, 7) is 5.41. The molecule has 5 nitrogen and oxygen atoms in total. The van der Waals surface area contributed by atoms with Gasteiger partial charge in [-0.2, -0.15) is 0 Å². The molecule has 0 bridgehead atoms. The zero-order chi connectivity index (χ0) is 14.7. The fraction of sp³-hybridized carbons (Fsp3) is 0.600. The van der Waals surface area contributed by atoms with Gasteiger partial charge in [-0.05, 0) is 26.2 Å². The number of likely N-dealkylation sites (tertiary alicyclic amines) is 1. The van der Waals surface area contributed by atoms with E-state index in [0.717, 1.165) is 49.7 Å². The maximum atomic E-state index is 12.1. The summed E-state index contributed by atoms with van der Waals surface area (Å²) in [6.07, 6.45) is 6.22. The Bertz CT molecular complexity index is 612. The fourth-order valence-corrected chi connectivity index (χ4v) is 3.64. The minimum absolute atomic E-state index is 0.285. The molecule has 0 aliphatic carbocycles. The SMILES string of the molecule is Cc1nc2sccn2c1CNCCC(=O)N1CCCCC1. The topological polar surface area (TPSA) is 49.6 Å². The number of carbonyl (C=O) groups is 1. The normalized spacial score (nSPS) is 15.8. The van der Waals surface area contributed by atoms with Gasteiger partial charge in [0.2, 0.25) is 5.91 Å². The lowest BCUT2D eigenvalue weighted by atomic mass is 10.1. The van der Waals surface area contributed by atoms with Crippen LogP contribution in [0.5, 0.6) is 0 Å². The van der Waals surface area contributed by atoms with Crippen molar-refractivity contribution < 1.29 is 4.79 Å². The minimum Gasteiger partial charge on any atom is -0.343 e. The van der Waals surface area contributed by atoms with E-state index in [4.69, 9.17) is 0 Å². The smallest absolute Gasteiger partial charge is 0.223 e. The van der Waals surface area contributed by atoms with E-state index in [1.165, 1.54) is 12.1 Å². The third-order valence-corrected chi connectivity index (χ3v) is 4.83. The second-order valence-corrected chi connectivity index (χ2v) is 6.44. The molecule has 1 N–H and O–H groups in total. The Hall–Kier alpha value is -1.40. The summed E-state index contributed by atoms with van der Waals surface area (Å²) in [7, 11) is 0. The molecule has 1 fully saturated rings. The van der Waals surface area contributed by atoms with Gasteiger partial charge in [0.15, 0.2) is 4.96 Å². The first-order valence-electron chi connectivity index (χ1n) is 7.65. The Morgan fingerprint density at radius 2 is 2.19 bits per heavy atom. The Labute approximate surface area is 129 Å². The maximum absolute atomic E-state index is 12.1. The van der Waals surface area contributed by atoms with Gasteiger partial charge in [-0.1, -0.05) is 0 Å². The van der Waals surface area contributed by atoms with Crippen LogP contribution in [-0.4, -0.2) is 39.8 Å². The molecule has 1 amide bonds. The first kappa shape index (κ1) is 14.5. The Morgan fingerprint density at radius 3 is 3.00 bits per heavy atom. The molecular weight excluding hydrogens is 284 g/mol. The monoisotopic (exact) mass is 306 g/mol. The van der Waals surface area contributed by atoms with Crippen molar-refractivity contribution in [3.05, 3.63) is 23.0 Å². The lowest BCUT2D eigenvalue weighted by Crippen LogP contribution is -2.37. The minimum atomic E-state index is 0.285. The van der Waals surface area contributed by atoms with E-state index < -0.39 is 0 Å². The van der Waals surface area contributed by atoms with Gasteiger partial charge in [0.25, 0.3) is 0 Å². The summed E-state index contributed by atoms with van der Waals surface area (Å²) in [4.78, 5) is 19.6. The first-order valence-corrected chi connectivity index (χ1v) is 8.53. The summed E-state index contributed by atoms with van der Waals surface area (Å²) in [5, 5.41) is 5.42. The molecule has 2 aromatic rings. The predicted molar refractivity (Wildman–Crippen MR) is 84.6 cm³/mol. The number of hydrogen-bond acceptors (Lipinski definition) is 4. The number of nitrogens with zero attached hydrogens (tertiary/aromatic N) is 3. The van der Waals surface area contributed by atoms with E-state index in [9.17, 15) is 4.79 Å². The Balaban J connectivity index is 1.46. The van der Waals surface area contributed by atoms with Gasteiger partial charge in [-0.3, -0.25) is 9.20 Å². The second kappa shape index (κ2) is 6.58. The molecule has 0 saturated carbocycles. The Morgan fingerprint density at radius 1 is 1.38 bits per heavy atom. The van der Waals surface area contributed by atoms with Crippen molar-refractivity contribution in [2.75, 3.05) is 19.6 Å². The number of aryl methyl sites for hydroxylation is 1. The number of carbonyl (C=O) groups excluding carboxylic acids is 1. The molecule has 1 aliphatic heterocycles. The summed E-state index contributed by atoms with van der Waals surface area (Å²) in [6, 6.07) is 0. The van der Waals surface area contributed by atoms with E-state index in [1.54, 1.807) is 11.3 Å². The molecular formula is C15H22N4OS. The van der Waals surface area contributed by atoms with E-state index in [2.05, 4.69) is 20.9 Å². The molecule has 0 spiro atoms. The van der Waals surface area contributed by atoms with Crippen molar-refractivity contribution in [3.63, 3.8) is 0 Å². The highest BCUT2D eigenvalue weighted by molar-refractivity contribution is 7.15. The lowest BCUT2D eigenvalue weighted by Gasteiger charge is -2.26. The molecule has 0 radical (unpaired) electrons.